The molecule has 0 radical (unpaired) electrons. The van der Waals surface area contributed by atoms with E-state index in [4.69, 9.17) is 4.74 Å². The van der Waals surface area contributed by atoms with Crippen molar-refractivity contribution in [1.29, 1.82) is 0 Å². The number of hydrogen-bond donors (Lipinski definition) is 0. The number of esters is 1. The van der Waals surface area contributed by atoms with Crippen LogP contribution in [0.4, 0.5) is 0 Å². The topological polar surface area (TPSA) is 26.3 Å². The van der Waals surface area contributed by atoms with Gasteiger partial charge in [0.25, 0.3) is 0 Å². The zero-order chi connectivity index (χ0) is 12.5. The Kier molecular flexibility index (Phi) is 6.68. The number of carbonyl (C=O) groups is 1. The van der Waals surface area contributed by atoms with Gasteiger partial charge < -0.3 is 4.74 Å². The highest BCUT2D eigenvalue weighted by Crippen LogP contribution is 2.23. The van der Waals surface area contributed by atoms with E-state index in [0.717, 1.165) is 32.1 Å². The van der Waals surface area contributed by atoms with Crippen LogP contribution < -0.4 is 0 Å². The smallest absolute Gasteiger partial charge is 0.306 e. The summed E-state index contributed by atoms with van der Waals surface area (Å²) in [5.41, 5.74) is 1.37. The van der Waals surface area contributed by atoms with Gasteiger partial charge in [0.2, 0.25) is 0 Å². The van der Waals surface area contributed by atoms with Crippen molar-refractivity contribution >= 4 is 5.97 Å². The van der Waals surface area contributed by atoms with Gasteiger partial charge in [0.1, 0.15) is 0 Å². The Labute approximate surface area is 105 Å². The molecule has 0 aromatic carbocycles. The Morgan fingerprint density at radius 3 is 3.00 bits per heavy atom. The second-order valence-corrected chi connectivity index (χ2v) is 4.73. The molecule has 0 aromatic heterocycles. The number of ether oxygens (including phenoxy) is 1. The Bertz CT molecular complexity index is 289. The number of rotatable bonds is 7. The average molecular weight is 236 g/mol. The summed E-state index contributed by atoms with van der Waals surface area (Å²) >= 11 is 0. The first-order chi connectivity index (χ1) is 8.24. The van der Waals surface area contributed by atoms with Gasteiger partial charge in [-0.25, -0.2) is 0 Å². The lowest BCUT2D eigenvalue weighted by atomic mass is 9.90. The first-order valence-corrected chi connectivity index (χ1v) is 6.75. The van der Waals surface area contributed by atoms with Crippen LogP contribution in [0.15, 0.2) is 23.8 Å². The second-order valence-electron chi connectivity index (χ2n) is 4.73. The van der Waals surface area contributed by atoms with Crippen molar-refractivity contribution in [2.75, 3.05) is 6.61 Å². The molecule has 1 unspecified atom stereocenters. The van der Waals surface area contributed by atoms with Crippen LogP contribution in [0, 0.1) is 5.92 Å². The lowest BCUT2D eigenvalue weighted by Gasteiger charge is -2.16. The molecular weight excluding hydrogens is 212 g/mol. The van der Waals surface area contributed by atoms with Crippen molar-refractivity contribution in [3.63, 3.8) is 0 Å². The number of unbranched alkanes of at least 4 members (excludes halogenated alkanes) is 2. The average Bonchev–Trinajstić information content (AvgIpc) is 2.34. The second kappa shape index (κ2) is 8.10. The number of allylic oxidation sites excluding steroid dienone is 4. The summed E-state index contributed by atoms with van der Waals surface area (Å²) in [6.45, 7) is 4.94. The van der Waals surface area contributed by atoms with Crippen molar-refractivity contribution in [1.82, 2.24) is 0 Å². The summed E-state index contributed by atoms with van der Waals surface area (Å²) in [5.74, 6) is 0.525. The van der Waals surface area contributed by atoms with E-state index in [0.29, 0.717) is 18.9 Å². The highest BCUT2D eigenvalue weighted by molar-refractivity contribution is 5.69. The highest BCUT2D eigenvalue weighted by atomic mass is 16.5. The van der Waals surface area contributed by atoms with Gasteiger partial charge in [-0.15, -0.1) is 0 Å². The molecule has 1 aliphatic carbocycles. The maximum absolute atomic E-state index is 11.5. The summed E-state index contributed by atoms with van der Waals surface area (Å²) in [6, 6.07) is 0. The zero-order valence-corrected chi connectivity index (χ0v) is 11.1. The fraction of sp³-hybridized carbons (Fsp3) is 0.667. The maximum atomic E-state index is 11.5. The molecule has 0 fully saturated rings. The predicted octanol–water partition coefficient (Wildman–Crippen LogP) is 4.02. The maximum Gasteiger partial charge on any atom is 0.306 e. The molecule has 17 heavy (non-hydrogen) atoms. The van der Waals surface area contributed by atoms with Gasteiger partial charge in [-0.05, 0) is 25.2 Å². The van der Waals surface area contributed by atoms with E-state index in [1.165, 1.54) is 5.57 Å². The minimum Gasteiger partial charge on any atom is -0.466 e. The third kappa shape index (κ3) is 5.71. The largest absolute Gasteiger partial charge is 0.466 e. The molecule has 1 atom stereocenters. The first kappa shape index (κ1) is 14.0. The molecule has 0 N–H and O–H groups in total. The van der Waals surface area contributed by atoms with E-state index in [1.807, 2.05) is 0 Å². The van der Waals surface area contributed by atoms with Crippen LogP contribution in [0.2, 0.25) is 0 Å². The number of carbonyl (C=O) groups excluding carboxylic acids is 1. The molecule has 0 spiro atoms. The Hall–Kier alpha value is -1.05. The minimum absolute atomic E-state index is 0.0521. The molecular formula is C15H24O2. The van der Waals surface area contributed by atoms with E-state index < -0.39 is 0 Å². The normalized spacial score (nSPS) is 18.9. The van der Waals surface area contributed by atoms with Gasteiger partial charge in [0, 0.05) is 6.42 Å². The van der Waals surface area contributed by atoms with Gasteiger partial charge in [0.15, 0.2) is 0 Å². The van der Waals surface area contributed by atoms with E-state index >= 15 is 0 Å². The van der Waals surface area contributed by atoms with Crippen molar-refractivity contribution in [2.24, 2.45) is 5.92 Å². The van der Waals surface area contributed by atoms with Crippen molar-refractivity contribution in [2.45, 2.75) is 52.4 Å². The van der Waals surface area contributed by atoms with Crippen LogP contribution in [0.25, 0.3) is 0 Å². The molecule has 0 aliphatic heterocycles. The van der Waals surface area contributed by atoms with Crippen LogP contribution in [0.1, 0.15) is 52.4 Å². The quantitative estimate of drug-likeness (QED) is 0.493. The Balaban J connectivity index is 2.15. The zero-order valence-electron chi connectivity index (χ0n) is 11.1. The van der Waals surface area contributed by atoms with Gasteiger partial charge in [-0.1, -0.05) is 50.5 Å². The Morgan fingerprint density at radius 2 is 2.29 bits per heavy atom. The summed E-state index contributed by atoms with van der Waals surface area (Å²) in [6.07, 6.45) is 12.2. The SMILES string of the molecule is CCCCCOC(=O)CCC1=CC=CCC1C. The molecule has 0 bridgehead atoms. The molecule has 1 aliphatic rings. The monoisotopic (exact) mass is 236 g/mol. The lowest BCUT2D eigenvalue weighted by Crippen LogP contribution is -2.08. The van der Waals surface area contributed by atoms with Gasteiger partial charge in [-0.3, -0.25) is 4.79 Å². The molecule has 2 heteroatoms. The molecule has 96 valence electrons. The minimum atomic E-state index is -0.0521. The van der Waals surface area contributed by atoms with Crippen molar-refractivity contribution in [3.05, 3.63) is 23.8 Å². The first-order valence-electron chi connectivity index (χ1n) is 6.75. The van der Waals surface area contributed by atoms with E-state index in [-0.39, 0.29) is 5.97 Å². The van der Waals surface area contributed by atoms with Crippen LogP contribution in [0.3, 0.4) is 0 Å². The summed E-state index contributed by atoms with van der Waals surface area (Å²) < 4.78 is 5.19. The molecule has 0 aromatic rings. The van der Waals surface area contributed by atoms with Crippen LogP contribution in [0.5, 0.6) is 0 Å². The van der Waals surface area contributed by atoms with Crippen LogP contribution >= 0.6 is 0 Å². The third-order valence-electron chi connectivity index (χ3n) is 3.20. The van der Waals surface area contributed by atoms with Gasteiger partial charge >= 0.3 is 5.97 Å². The van der Waals surface area contributed by atoms with E-state index in [9.17, 15) is 4.79 Å². The summed E-state index contributed by atoms with van der Waals surface area (Å²) in [7, 11) is 0. The molecule has 0 saturated carbocycles. The highest BCUT2D eigenvalue weighted by Gasteiger charge is 2.12. The van der Waals surface area contributed by atoms with E-state index in [1.54, 1.807) is 0 Å². The third-order valence-corrected chi connectivity index (χ3v) is 3.20. The predicted molar refractivity (Wildman–Crippen MR) is 70.7 cm³/mol. The van der Waals surface area contributed by atoms with Crippen molar-refractivity contribution in [3.8, 4) is 0 Å². The number of hydrogen-bond acceptors (Lipinski definition) is 2. The van der Waals surface area contributed by atoms with Crippen molar-refractivity contribution < 1.29 is 9.53 Å². The summed E-state index contributed by atoms with van der Waals surface area (Å²) in [5, 5.41) is 0. The standard InChI is InChI=1S/C15H24O2/c1-3-4-7-12-17-15(16)11-10-14-9-6-5-8-13(14)2/h5-6,9,13H,3-4,7-8,10-12H2,1-2H3. The molecule has 0 amide bonds. The van der Waals surface area contributed by atoms with Crippen LogP contribution in [-0.4, -0.2) is 12.6 Å². The Morgan fingerprint density at radius 1 is 1.47 bits per heavy atom. The van der Waals surface area contributed by atoms with Gasteiger partial charge in [0.05, 0.1) is 6.61 Å². The van der Waals surface area contributed by atoms with Crippen LogP contribution in [-0.2, 0) is 9.53 Å². The molecule has 0 heterocycles. The fourth-order valence-electron chi connectivity index (χ4n) is 1.98. The fourth-order valence-corrected chi connectivity index (χ4v) is 1.98. The summed E-state index contributed by atoms with van der Waals surface area (Å²) in [4.78, 5) is 11.5. The molecule has 1 rings (SSSR count). The lowest BCUT2D eigenvalue weighted by molar-refractivity contribution is -0.143. The van der Waals surface area contributed by atoms with E-state index in [2.05, 4.69) is 32.1 Å². The van der Waals surface area contributed by atoms with Gasteiger partial charge in [-0.2, -0.15) is 0 Å². The molecule has 2 nitrogen and oxygen atoms in total. The molecule has 0 saturated heterocycles.